The summed E-state index contributed by atoms with van der Waals surface area (Å²) < 4.78 is 6.25. The lowest BCUT2D eigenvalue weighted by atomic mass is 10.0. The van der Waals surface area contributed by atoms with Gasteiger partial charge in [0.25, 0.3) is 0 Å². The lowest BCUT2D eigenvalue weighted by Crippen LogP contribution is -2.39. The monoisotopic (exact) mass is 310 g/mol. The van der Waals surface area contributed by atoms with E-state index in [-0.39, 0.29) is 6.10 Å². The van der Waals surface area contributed by atoms with E-state index in [2.05, 4.69) is 32.0 Å². The van der Waals surface area contributed by atoms with Crippen LogP contribution in [0.15, 0.2) is 43.0 Å². The van der Waals surface area contributed by atoms with Gasteiger partial charge in [-0.1, -0.05) is 0 Å². The summed E-state index contributed by atoms with van der Waals surface area (Å²) in [6.07, 6.45) is 12.2. The first kappa shape index (κ1) is 14.6. The molecule has 1 aliphatic carbocycles. The van der Waals surface area contributed by atoms with E-state index in [4.69, 9.17) is 4.74 Å². The van der Waals surface area contributed by atoms with Crippen molar-refractivity contribution < 1.29 is 4.74 Å². The van der Waals surface area contributed by atoms with E-state index in [1.165, 1.54) is 18.4 Å². The normalized spacial score (nSPS) is 24.1. The quantitative estimate of drug-likeness (QED) is 0.820. The van der Waals surface area contributed by atoms with Gasteiger partial charge in [0.2, 0.25) is 5.95 Å². The molecule has 0 unspecified atom stereocenters. The molecule has 3 heterocycles. The second kappa shape index (κ2) is 6.62. The third-order valence-corrected chi connectivity index (χ3v) is 4.73. The number of rotatable bonds is 6. The fourth-order valence-electron chi connectivity index (χ4n) is 3.25. The molecular weight excluding hydrogens is 288 g/mol. The maximum absolute atomic E-state index is 6.25. The molecule has 0 bridgehead atoms. The van der Waals surface area contributed by atoms with Crippen LogP contribution in [0.1, 0.15) is 24.8 Å². The van der Waals surface area contributed by atoms with Gasteiger partial charge in [-0.15, -0.1) is 0 Å². The van der Waals surface area contributed by atoms with Crippen LogP contribution in [0.5, 0.6) is 0 Å². The summed E-state index contributed by atoms with van der Waals surface area (Å²) in [5, 5.41) is 0. The molecular formula is C18H22N4O. The first-order valence-electron chi connectivity index (χ1n) is 8.44. The van der Waals surface area contributed by atoms with E-state index >= 15 is 0 Å². The topological polar surface area (TPSA) is 51.1 Å². The number of pyridine rings is 1. The molecule has 0 radical (unpaired) electrons. The van der Waals surface area contributed by atoms with Gasteiger partial charge in [0.05, 0.1) is 12.1 Å². The van der Waals surface area contributed by atoms with E-state index < -0.39 is 0 Å². The van der Waals surface area contributed by atoms with Gasteiger partial charge in [-0.3, -0.25) is 4.98 Å². The molecule has 2 aromatic rings. The maximum atomic E-state index is 6.25. The predicted molar refractivity (Wildman–Crippen MR) is 88.2 cm³/mol. The fraction of sp³-hybridized carbons (Fsp3) is 0.500. The first-order valence-corrected chi connectivity index (χ1v) is 8.44. The minimum absolute atomic E-state index is 0.257. The Morgan fingerprint density at radius 2 is 1.83 bits per heavy atom. The largest absolute Gasteiger partial charge is 0.376 e. The zero-order valence-corrected chi connectivity index (χ0v) is 13.2. The Kier molecular flexibility index (Phi) is 4.20. The smallest absolute Gasteiger partial charge is 0.225 e. The summed E-state index contributed by atoms with van der Waals surface area (Å²) in [5.41, 5.74) is 1.29. The van der Waals surface area contributed by atoms with Gasteiger partial charge in [0, 0.05) is 37.9 Å². The van der Waals surface area contributed by atoms with Crippen LogP contribution in [0, 0.1) is 5.92 Å². The van der Waals surface area contributed by atoms with Crippen LogP contribution in [0.2, 0.25) is 0 Å². The van der Waals surface area contributed by atoms with Gasteiger partial charge in [-0.05, 0) is 55.4 Å². The fourth-order valence-corrected chi connectivity index (χ4v) is 3.25. The van der Waals surface area contributed by atoms with Crippen molar-refractivity contribution in [3.8, 4) is 0 Å². The van der Waals surface area contributed by atoms with Gasteiger partial charge in [-0.2, -0.15) is 0 Å². The van der Waals surface area contributed by atoms with Gasteiger partial charge in [0.1, 0.15) is 0 Å². The Bertz CT molecular complexity index is 617. The summed E-state index contributed by atoms with van der Waals surface area (Å²) in [7, 11) is 0. The predicted octanol–water partition coefficient (Wildman–Crippen LogP) is 2.49. The highest BCUT2D eigenvalue weighted by molar-refractivity contribution is 5.35. The van der Waals surface area contributed by atoms with E-state index in [1.54, 1.807) is 0 Å². The molecule has 2 aliphatic rings. The van der Waals surface area contributed by atoms with Crippen molar-refractivity contribution in [1.29, 1.82) is 0 Å². The number of ether oxygens (including phenoxy) is 1. The molecule has 0 spiro atoms. The van der Waals surface area contributed by atoms with Gasteiger partial charge in [0.15, 0.2) is 0 Å². The highest BCUT2D eigenvalue weighted by atomic mass is 16.5. The molecule has 23 heavy (non-hydrogen) atoms. The Labute approximate surface area is 136 Å². The number of anilines is 1. The number of hydrogen-bond donors (Lipinski definition) is 0. The average molecular weight is 310 g/mol. The number of aromatic nitrogens is 3. The Hall–Kier alpha value is -2.01. The summed E-state index contributed by atoms with van der Waals surface area (Å²) in [6.45, 7) is 1.86. The molecule has 5 nitrogen and oxygen atoms in total. The van der Waals surface area contributed by atoms with E-state index in [0.29, 0.717) is 6.04 Å². The summed E-state index contributed by atoms with van der Waals surface area (Å²) in [6, 6.07) is 6.32. The van der Waals surface area contributed by atoms with Crippen molar-refractivity contribution >= 4 is 5.95 Å². The van der Waals surface area contributed by atoms with E-state index in [0.717, 1.165) is 37.9 Å². The number of hydrogen-bond acceptors (Lipinski definition) is 5. The summed E-state index contributed by atoms with van der Waals surface area (Å²) in [5.74, 6) is 1.60. The number of nitrogens with zero attached hydrogens (tertiary/aromatic N) is 4. The Balaban J connectivity index is 1.52. The zero-order chi connectivity index (χ0) is 15.5. The van der Waals surface area contributed by atoms with Crippen molar-refractivity contribution in [3.63, 3.8) is 0 Å². The summed E-state index contributed by atoms with van der Waals surface area (Å²) >= 11 is 0. The minimum atomic E-state index is 0.257. The zero-order valence-electron chi connectivity index (χ0n) is 13.2. The first-order chi connectivity index (χ1) is 11.4. The van der Waals surface area contributed by atoms with Crippen LogP contribution in [-0.4, -0.2) is 40.2 Å². The molecule has 1 saturated carbocycles. The van der Waals surface area contributed by atoms with Crippen LogP contribution in [-0.2, 0) is 11.2 Å². The van der Waals surface area contributed by atoms with Gasteiger partial charge < -0.3 is 9.64 Å². The summed E-state index contributed by atoms with van der Waals surface area (Å²) in [4.78, 5) is 15.3. The highest BCUT2D eigenvalue weighted by Crippen LogP contribution is 2.32. The maximum Gasteiger partial charge on any atom is 0.225 e. The lowest BCUT2D eigenvalue weighted by Gasteiger charge is -2.28. The van der Waals surface area contributed by atoms with Crippen LogP contribution >= 0.6 is 0 Å². The van der Waals surface area contributed by atoms with Crippen molar-refractivity contribution in [3.05, 3.63) is 48.5 Å². The molecule has 5 heteroatoms. The standard InChI is InChI=1S/C18H22N4O/c1-7-20-18(21-8-1)22-11-6-17(23-13-15-2-3-15)16(22)12-14-4-9-19-10-5-14/h1,4-5,7-10,15-17H,2-3,6,11-13H2/t16-,17-/m1/s1. The lowest BCUT2D eigenvalue weighted by molar-refractivity contribution is 0.0406. The molecule has 2 atom stereocenters. The molecule has 1 saturated heterocycles. The molecule has 0 amide bonds. The highest BCUT2D eigenvalue weighted by Gasteiger charge is 2.37. The van der Waals surface area contributed by atoms with Gasteiger partial charge in [-0.25, -0.2) is 9.97 Å². The second-order valence-corrected chi connectivity index (χ2v) is 6.47. The van der Waals surface area contributed by atoms with Crippen LogP contribution in [0.3, 0.4) is 0 Å². The van der Waals surface area contributed by atoms with Crippen molar-refractivity contribution in [2.75, 3.05) is 18.1 Å². The van der Waals surface area contributed by atoms with Crippen LogP contribution < -0.4 is 4.90 Å². The van der Waals surface area contributed by atoms with E-state index in [1.807, 2.05) is 30.9 Å². The van der Waals surface area contributed by atoms with E-state index in [9.17, 15) is 0 Å². The molecule has 2 aromatic heterocycles. The third-order valence-electron chi connectivity index (χ3n) is 4.73. The SMILES string of the molecule is c1cnc(N2CC[C@@H](OCC3CC3)[C@H]2Cc2ccncc2)nc1. The Morgan fingerprint density at radius 1 is 1.04 bits per heavy atom. The van der Waals surface area contributed by atoms with Crippen LogP contribution in [0.25, 0.3) is 0 Å². The van der Waals surface area contributed by atoms with Crippen molar-refractivity contribution in [2.24, 2.45) is 5.92 Å². The third kappa shape index (κ3) is 3.50. The average Bonchev–Trinajstić information content (AvgIpc) is 3.36. The molecule has 1 aliphatic heterocycles. The molecule has 0 N–H and O–H groups in total. The molecule has 0 aromatic carbocycles. The minimum Gasteiger partial charge on any atom is -0.376 e. The van der Waals surface area contributed by atoms with Crippen molar-refractivity contribution in [2.45, 2.75) is 37.8 Å². The van der Waals surface area contributed by atoms with Crippen molar-refractivity contribution in [1.82, 2.24) is 15.0 Å². The molecule has 2 fully saturated rings. The molecule has 4 rings (SSSR count). The molecule has 120 valence electrons. The van der Waals surface area contributed by atoms with Crippen LogP contribution in [0.4, 0.5) is 5.95 Å². The van der Waals surface area contributed by atoms with Gasteiger partial charge >= 0.3 is 0 Å². The second-order valence-electron chi connectivity index (χ2n) is 6.47. The Morgan fingerprint density at radius 3 is 2.57 bits per heavy atom.